The molecule has 0 aliphatic carbocycles. The second-order valence-corrected chi connectivity index (χ2v) is 4.48. The van der Waals surface area contributed by atoms with Gasteiger partial charge in [-0.3, -0.25) is 0 Å². The summed E-state index contributed by atoms with van der Waals surface area (Å²) in [5.41, 5.74) is 0.0191. The fraction of sp³-hybridized carbons (Fsp3) is 1.00. The van der Waals surface area contributed by atoms with E-state index in [2.05, 4.69) is 17.3 Å². The average Bonchev–Trinajstić information content (AvgIpc) is 2.73. The summed E-state index contributed by atoms with van der Waals surface area (Å²) in [6.45, 7) is 2.56. The van der Waals surface area contributed by atoms with Crippen LogP contribution in [0.2, 0.25) is 0 Å². The van der Waals surface area contributed by atoms with Crippen LogP contribution >= 0.6 is 0 Å². The Kier molecular flexibility index (Phi) is 2.58. The summed E-state index contributed by atoms with van der Waals surface area (Å²) in [7, 11) is 2.18. The van der Waals surface area contributed by atoms with Crippen LogP contribution in [0.4, 0.5) is 0 Å². The summed E-state index contributed by atoms with van der Waals surface area (Å²) in [4.78, 5) is 2.40. The van der Waals surface area contributed by atoms with Gasteiger partial charge in [-0.05, 0) is 45.8 Å². The van der Waals surface area contributed by atoms with Crippen molar-refractivity contribution >= 4 is 0 Å². The molecule has 13 heavy (non-hydrogen) atoms. The minimum absolute atomic E-state index is 0.0191. The third-order valence-corrected chi connectivity index (χ3v) is 3.72. The van der Waals surface area contributed by atoms with Crippen LogP contribution in [0.3, 0.4) is 0 Å². The number of nitrogens with zero attached hydrogens (tertiary/aromatic N) is 1. The lowest BCUT2D eigenvalue weighted by Crippen LogP contribution is -2.57. The van der Waals surface area contributed by atoms with Gasteiger partial charge in [0.25, 0.3) is 0 Å². The number of likely N-dealkylation sites (N-methyl/N-ethyl adjacent to an activating group) is 1. The van der Waals surface area contributed by atoms with Crippen molar-refractivity contribution in [1.29, 1.82) is 0 Å². The van der Waals surface area contributed by atoms with Crippen molar-refractivity contribution in [2.75, 3.05) is 26.7 Å². The van der Waals surface area contributed by atoms with Crippen LogP contribution in [0.1, 0.15) is 25.7 Å². The molecule has 2 fully saturated rings. The highest BCUT2D eigenvalue weighted by atomic mass is 16.3. The molecule has 76 valence electrons. The van der Waals surface area contributed by atoms with E-state index >= 15 is 0 Å². The SMILES string of the molecule is CN1CCCC1C1(CO)CCCN1. The molecule has 0 radical (unpaired) electrons. The minimum Gasteiger partial charge on any atom is -0.394 e. The number of nitrogens with one attached hydrogen (secondary N) is 1. The first-order valence-electron chi connectivity index (χ1n) is 5.35. The van der Waals surface area contributed by atoms with Gasteiger partial charge < -0.3 is 15.3 Å². The summed E-state index contributed by atoms with van der Waals surface area (Å²) in [6.07, 6.45) is 4.87. The fourth-order valence-electron chi connectivity index (χ4n) is 2.96. The van der Waals surface area contributed by atoms with Crippen molar-refractivity contribution in [3.05, 3.63) is 0 Å². The molecule has 0 amide bonds. The van der Waals surface area contributed by atoms with Gasteiger partial charge in [0, 0.05) is 6.04 Å². The zero-order chi connectivity index (χ0) is 9.31. The number of hydrogen-bond acceptors (Lipinski definition) is 3. The quantitative estimate of drug-likeness (QED) is 0.643. The van der Waals surface area contributed by atoms with Gasteiger partial charge in [-0.15, -0.1) is 0 Å². The smallest absolute Gasteiger partial charge is 0.0628 e. The maximum atomic E-state index is 9.51. The highest BCUT2D eigenvalue weighted by Crippen LogP contribution is 2.31. The van der Waals surface area contributed by atoms with E-state index in [4.69, 9.17) is 0 Å². The van der Waals surface area contributed by atoms with Crippen molar-refractivity contribution < 1.29 is 5.11 Å². The largest absolute Gasteiger partial charge is 0.394 e. The van der Waals surface area contributed by atoms with Crippen LogP contribution in [0, 0.1) is 0 Å². The normalized spacial score (nSPS) is 41.5. The molecule has 2 aliphatic rings. The predicted octanol–water partition coefficient (Wildman–Crippen LogP) is 0.195. The highest BCUT2D eigenvalue weighted by molar-refractivity contribution is 5.04. The number of likely N-dealkylation sites (tertiary alicyclic amines) is 1. The minimum atomic E-state index is 0.0191. The molecular formula is C10H20N2O. The average molecular weight is 184 g/mol. The second-order valence-electron chi connectivity index (χ2n) is 4.48. The van der Waals surface area contributed by atoms with Crippen LogP contribution in [-0.2, 0) is 0 Å². The van der Waals surface area contributed by atoms with Crippen LogP contribution in [0.25, 0.3) is 0 Å². The molecule has 2 saturated heterocycles. The van der Waals surface area contributed by atoms with Gasteiger partial charge in [0.05, 0.1) is 12.1 Å². The molecular weight excluding hydrogens is 164 g/mol. The molecule has 2 rings (SSSR count). The second kappa shape index (κ2) is 3.56. The Morgan fingerprint density at radius 2 is 2.38 bits per heavy atom. The summed E-state index contributed by atoms with van der Waals surface area (Å²) >= 11 is 0. The molecule has 2 atom stereocenters. The summed E-state index contributed by atoms with van der Waals surface area (Å²) < 4.78 is 0. The van der Waals surface area contributed by atoms with Gasteiger partial charge in [-0.2, -0.15) is 0 Å². The Hall–Kier alpha value is -0.120. The van der Waals surface area contributed by atoms with E-state index in [1.165, 1.54) is 25.8 Å². The van der Waals surface area contributed by atoms with Crippen LogP contribution in [-0.4, -0.2) is 48.3 Å². The van der Waals surface area contributed by atoms with Crippen molar-refractivity contribution in [3.63, 3.8) is 0 Å². The summed E-state index contributed by atoms with van der Waals surface area (Å²) in [5.74, 6) is 0. The Bertz CT molecular complexity index is 178. The first kappa shape index (κ1) is 9.44. The molecule has 2 heterocycles. The van der Waals surface area contributed by atoms with Gasteiger partial charge in [0.2, 0.25) is 0 Å². The van der Waals surface area contributed by atoms with Gasteiger partial charge in [0.15, 0.2) is 0 Å². The lowest BCUT2D eigenvalue weighted by molar-refractivity contribution is 0.0971. The monoisotopic (exact) mass is 184 g/mol. The molecule has 3 nitrogen and oxygen atoms in total. The Labute approximate surface area is 80.1 Å². The van der Waals surface area contributed by atoms with Crippen molar-refractivity contribution in [2.45, 2.75) is 37.3 Å². The molecule has 0 aromatic carbocycles. The van der Waals surface area contributed by atoms with E-state index in [-0.39, 0.29) is 5.54 Å². The molecule has 2 N–H and O–H groups in total. The first-order chi connectivity index (χ1) is 6.28. The third-order valence-electron chi connectivity index (χ3n) is 3.72. The number of rotatable bonds is 2. The molecule has 2 unspecified atom stereocenters. The van der Waals surface area contributed by atoms with Crippen molar-refractivity contribution in [1.82, 2.24) is 10.2 Å². The Morgan fingerprint density at radius 3 is 2.85 bits per heavy atom. The van der Waals surface area contributed by atoms with Gasteiger partial charge in [-0.25, -0.2) is 0 Å². The lowest BCUT2D eigenvalue weighted by Gasteiger charge is -2.37. The molecule has 0 aromatic rings. The Morgan fingerprint density at radius 1 is 1.54 bits per heavy atom. The van der Waals surface area contributed by atoms with Gasteiger partial charge in [-0.1, -0.05) is 0 Å². The zero-order valence-corrected chi connectivity index (χ0v) is 8.42. The zero-order valence-electron chi connectivity index (χ0n) is 8.42. The number of aliphatic hydroxyl groups is 1. The van der Waals surface area contributed by atoms with Crippen molar-refractivity contribution in [2.24, 2.45) is 0 Å². The first-order valence-corrected chi connectivity index (χ1v) is 5.35. The number of hydrogen-bond donors (Lipinski definition) is 2. The van der Waals surface area contributed by atoms with Gasteiger partial charge >= 0.3 is 0 Å². The molecule has 3 heteroatoms. The van der Waals surface area contributed by atoms with E-state index in [1.807, 2.05) is 0 Å². The molecule has 0 spiro atoms. The predicted molar refractivity (Wildman–Crippen MR) is 52.7 cm³/mol. The van der Waals surface area contributed by atoms with E-state index in [0.29, 0.717) is 12.6 Å². The summed E-state index contributed by atoms with van der Waals surface area (Å²) in [6, 6.07) is 0.556. The topological polar surface area (TPSA) is 35.5 Å². The Balaban J connectivity index is 2.10. The maximum Gasteiger partial charge on any atom is 0.0628 e. The number of aliphatic hydroxyl groups excluding tert-OH is 1. The van der Waals surface area contributed by atoms with Crippen LogP contribution in [0.5, 0.6) is 0 Å². The van der Waals surface area contributed by atoms with Crippen molar-refractivity contribution in [3.8, 4) is 0 Å². The van der Waals surface area contributed by atoms with E-state index in [1.54, 1.807) is 0 Å². The fourth-order valence-corrected chi connectivity index (χ4v) is 2.96. The molecule has 2 aliphatic heterocycles. The third kappa shape index (κ3) is 1.49. The molecule has 0 bridgehead atoms. The van der Waals surface area contributed by atoms with Crippen LogP contribution in [0.15, 0.2) is 0 Å². The highest BCUT2D eigenvalue weighted by Gasteiger charge is 2.43. The van der Waals surface area contributed by atoms with E-state index < -0.39 is 0 Å². The van der Waals surface area contributed by atoms with Crippen LogP contribution < -0.4 is 5.32 Å². The lowest BCUT2D eigenvalue weighted by atomic mass is 9.87. The van der Waals surface area contributed by atoms with E-state index in [0.717, 1.165) is 13.0 Å². The summed E-state index contributed by atoms with van der Waals surface area (Å²) in [5, 5.41) is 13.0. The molecule has 0 saturated carbocycles. The maximum absolute atomic E-state index is 9.51. The van der Waals surface area contributed by atoms with E-state index in [9.17, 15) is 5.11 Å². The standard InChI is InChI=1S/C10H20N2O/c1-12-7-2-4-9(12)10(8-13)5-3-6-11-10/h9,11,13H,2-8H2,1H3. The van der Waals surface area contributed by atoms with Gasteiger partial charge in [0.1, 0.15) is 0 Å². The molecule has 0 aromatic heterocycles.